The van der Waals surface area contributed by atoms with Crippen LogP contribution in [0.3, 0.4) is 0 Å². The number of rotatable bonds is 2. The Morgan fingerprint density at radius 1 is 1.29 bits per heavy atom. The van der Waals surface area contributed by atoms with Crippen molar-refractivity contribution < 1.29 is 0 Å². The Kier molecular flexibility index (Phi) is 3.62. The first kappa shape index (κ1) is 11.9. The second-order valence-electron chi connectivity index (χ2n) is 3.29. The number of hydrogen-bond acceptors (Lipinski definition) is 3. The van der Waals surface area contributed by atoms with Crippen molar-refractivity contribution in [1.29, 1.82) is 5.26 Å². The van der Waals surface area contributed by atoms with Gasteiger partial charge in [-0.3, -0.25) is 0 Å². The molecule has 1 heterocycles. The third kappa shape index (κ3) is 2.96. The first-order valence-corrected chi connectivity index (χ1v) is 5.94. The van der Waals surface area contributed by atoms with Gasteiger partial charge < -0.3 is 5.32 Å². The summed E-state index contributed by atoms with van der Waals surface area (Å²) >= 11 is 9.40. The SMILES string of the molecule is N#Cc1ccc(Nc2ccc(Br)cc2Cl)nc1. The van der Waals surface area contributed by atoms with Crippen LogP contribution in [-0.4, -0.2) is 4.98 Å². The van der Waals surface area contributed by atoms with Gasteiger partial charge in [-0.2, -0.15) is 5.26 Å². The molecule has 1 aromatic carbocycles. The van der Waals surface area contributed by atoms with Gasteiger partial charge in [0.05, 0.1) is 16.3 Å². The number of nitrogens with zero attached hydrogens (tertiary/aromatic N) is 2. The topological polar surface area (TPSA) is 48.7 Å². The quantitative estimate of drug-likeness (QED) is 0.908. The maximum absolute atomic E-state index is 8.66. The lowest BCUT2D eigenvalue weighted by Crippen LogP contribution is -1.94. The maximum Gasteiger partial charge on any atom is 0.130 e. The minimum absolute atomic E-state index is 0.525. The number of halogens is 2. The van der Waals surface area contributed by atoms with E-state index in [0.29, 0.717) is 16.4 Å². The number of nitriles is 1. The average molecular weight is 309 g/mol. The number of anilines is 2. The molecule has 0 saturated carbocycles. The zero-order chi connectivity index (χ0) is 12.3. The van der Waals surface area contributed by atoms with Crippen LogP contribution >= 0.6 is 27.5 Å². The standard InChI is InChI=1S/C12H7BrClN3/c13-9-2-3-11(10(14)5-9)17-12-4-1-8(6-15)7-16-12/h1-5,7H,(H,16,17). The minimum atomic E-state index is 0.525. The van der Waals surface area contributed by atoms with E-state index in [1.165, 1.54) is 6.20 Å². The molecule has 1 aromatic heterocycles. The Morgan fingerprint density at radius 2 is 2.12 bits per heavy atom. The number of benzene rings is 1. The van der Waals surface area contributed by atoms with Crippen molar-refractivity contribution in [3.05, 3.63) is 51.6 Å². The molecule has 0 bridgehead atoms. The van der Waals surface area contributed by atoms with Gasteiger partial charge in [-0.25, -0.2) is 4.98 Å². The average Bonchev–Trinajstić information content (AvgIpc) is 2.34. The minimum Gasteiger partial charge on any atom is -0.339 e. The molecule has 0 amide bonds. The van der Waals surface area contributed by atoms with E-state index < -0.39 is 0 Å². The molecular formula is C12H7BrClN3. The molecule has 0 saturated heterocycles. The smallest absolute Gasteiger partial charge is 0.130 e. The number of nitrogens with one attached hydrogen (secondary N) is 1. The molecule has 0 atom stereocenters. The molecule has 0 aliphatic heterocycles. The lowest BCUT2D eigenvalue weighted by molar-refractivity contribution is 1.29. The molecular weight excluding hydrogens is 302 g/mol. The summed E-state index contributed by atoms with van der Waals surface area (Å²) in [6.45, 7) is 0. The summed E-state index contributed by atoms with van der Waals surface area (Å²) in [5.41, 5.74) is 1.30. The highest BCUT2D eigenvalue weighted by molar-refractivity contribution is 9.10. The van der Waals surface area contributed by atoms with Crippen molar-refractivity contribution in [1.82, 2.24) is 4.98 Å². The van der Waals surface area contributed by atoms with Gasteiger partial charge in [0.1, 0.15) is 11.9 Å². The fourth-order valence-corrected chi connectivity index (χ4v) is 1.98. The van der Waals surface area contributed by atoms with Gasteiger partial charge in [0.15, 0.2) is 0 Å². The second-order valence-corrected chi connectivity index (χ2v) is 4.62. The summed E-state index contributed by atoms with van der Waals surface area (Å²) in [4.78, 5) is 4.10. The number of pyridine rings is 1. The van der Waals surface area contributed by atoms with Crippen LogP contribution in [0.15, 0.2) is 41.0 Å². The first-order chi connectivity index (χ1) is 8.19. The van der Waals surface area contributed by atoms with E-state index in [-0.39, 0.29) is 0 Å². The van der Waals surface area contributed by atoms with E-state index in [9.17, 15) is 0 Å². The molecule has 17 heavy (non-hydrogen) atoms. The Labute approximate surface area is 112 Å². The normalized spacial score (nSPS) is 9.71. The molecule has 84 valence electrons. The molecule has 0 spiro atoms. The molecule has 0 radical (unpaired) electrons. The van der Waals surface area contributed by atoms with E-state index in [4.69, 9.17) is 16.9 Å². The Morgan fingerprint density at radius 3 is 2.71 bits per heavy atom. The molecule has 0 aliphatic rings. The Bertz CT molecular complexity index is 575. The molecule has 0 unspecified atom stereocenters. The molecule has 0 fully saturated rings. The third-order valence-electron chi connectivity index (χ3n) is 2.09. The van der Waals surface area contributed by atoms with Crippen molar-refractivity contribution in [3.8, 4) is 6.07 Å². The van der Waals surface area contributed by atoms with Crippen molar-refractivity contribution in [2.75, 3.05) is 5.32 Å². The molecule has 0 aliphatic carbocycles. The van der Waals surface area contributed by atoms with Crippen molar-refractivity contribution >= 4 is 39.0 Å². The van der Waals surface area contributed by atoms with E-state index in [1.807, 2.05) is 18.2 Å². The van der Waals surface area contributed by atoms with Crippen LogP contribution in [0.4, 0.5) is 11.5 Å². The van der Waals surface area contributed by atoms with Crippen LogP contribution in [0.5, 0.6) is 0 Å². The fraction of sp³-hybridized carbons (Fsp3) is 0. The zero-order valence-electron chi connectivity index (χ0n) is 8.61. The first-order valence-electron chi connectivity index (χ1n) is 4.77. The van der Waals surface area contributed by atoms with E-state index in [2.05, 4.69) is 26.2 Å². The van der Waals surface area contributed by atoms with Crippen LogP contribution < -0.4 is 5.32 Å². The predicted molar refractivity (Wildman–Crippen MR) is 71.4 cm³/mol. The summed E-state index contributed by atoms with van der Waals surface area (Å²) in [6.07, 6.45) is 1.51. The summed E-state index contributed by atoms with van der Waals surface area (Å²) in [5, 5.41) is 12.3. The van der Waals surface area contributed by atoms with Gasteiger partial charge in [0, 0.05) is 10.7 Å². The van der Waals surface area contributed by atoms with Gasteiger partial charge in [-0.05, 0) is 30.3 Å². The highest BCUT2D eigenvalue weighted by atomic mass is 79.9. The summed E-state index contributed by atoms with van der Waals surface area (Å²) in [7, 11) is 0. The Hall–Kier alpha value is -1.57. The Balaban J connectivity index is 2.23. The summed E-state index contributed by atoms with van der Waals surface area (Å²) in [5.74, 6) is 0.647. The molecule has 5 heteroatoms. The second kappa shape index (κ2) is 5.17. The summed E-state index contributed by atoms with van der Waals surface area (Å²) in [6, 6.07) is 11.0. The summed E-state index contributed by atoms with van der Waals surface area (Å²) < 4.78 is 0.917. The maximum atomic E-state index is 8.66. The van der Waals surface area contributed by atoms with Crippen LogP contribution in [-0.2, 0) is 0 Å². The van der Waals surface area contributed by atoms with Gasteiger partial charge >= 0.3 is 0 Å². The van der Waals surface area contributed by atoms with E-state index in [0.717, 1.165) is 10.2 Å². The van der Waals surface area contributed by atoms with Crippen LogP contribution in [0.1, 0.15) is 5.56 Å². The van der Waals surface area contributed by atoms with Crippen LogP contribution in [0.25, 0.3) is 0 Å². The van der Waals surface area contributed by atoms with Crippen molar-refractivity contribution in [2.45, 2.75) is 0 Å². The largest absolute Gasteiger partial charge is 0.339 e. The highest BCUT2D eigenvalue weighted by Gasteiger charge is 2.02. The van der Waals surface area contributed by atoms with E-state index >= 15 is 0 Å². The van der Waals surface area contributed by atoms with Crippen LogP contribution in [0, 0.1) is 11.3 Å². The number of hydrogen-bond donors (Lipinski definition) is 1. The highest BCUT2D eigenvalue weighted by Crippen LogP contribution is 2.27. The number of aromatic nitrogens is 1. The van der Waals surface area contributed by atoms with Crippen molar-refractivity contribution in [3.63, 3.8) is 0 Å². The third-order valence-corrected chi connectivity index (χ3v) is 2.89. The molecule has 2 rings (SSSR count). The zero-order valence-corrected chi connectivity index (χ0v) is 11.0. The van der Waals surface area contributed by atoms with Gasteiger partial charge in [0.2, 0.25) is 0 Å². The van der Waals surface area contributed by atoms with E-state index in [1.54, 1.807) is 18.2 Å². The monoisotopic (exact) mass is 307 g/mol. The predicted octanol–water partition coefficient (Wildman–Crippen LogP) is 4.11. The molecule has 3 nitrogen and oxygen atoms in total. The molecule has 1 N–H and O–H groups in total. The lowest BCUT2D eigenvalue weighted by atomic mass is 10.3. The van der Waals surface area contributed by atoms with Gasteiger partial charge in [0.25, 0.3) is 0 Å². The lowest BCUT2D eigenvalue weighted by Gasteiger charge is -2.07. The van der Waals surface area contributed by atoms with Gasteiger partial charge in [-0.1, -0.05) is 27.5 Å². The van der Waals surface area contributed by atoms with Gasteiger partial charge in [-0.15, -0.1) is 0 Å². The molecule has 2 aromatic rings. The van der Waals surface area contributed by atoms with Crippen LogP contribution in [0.2, 0.25) is 5.02 Å². The fourth-order valence-electron chi connectivity index (χ4n) is 1.26. The van der Waals surface area contributed by atoms with Crippen molar-refractivity contribution in [2.24, 2.45) is 0 Å².